The average molecular weight is 305 g/mol. The fraction of sp³-hybridized carbons (Fsp3) is 0.533. The van der Waals surface area contributed by atoms with Gasteiger partial charge in [-0.05, 0) is 30.7 Å². The summed E-state index contributed by atoms with van der Waals surface area (Å²) in [6.07, 6.45) is 5.98. The van der Waals surface area contributed by atoms with Crippen LogP contribution in [0.15, 0.2) is 29.4 Å². The number of hydrogen-bond donors (Lipinski definition) is 0. The van der Waals surface area contributed by atoms with Crippen molar-refractivity contribution in [2.75, 3.05) is 12.8 Å². The summed E-state index contributed by atoms with van der Waals surface area (Å²) in [5.41, 5.74) is -0.667. The minimum Gasteiger partial charge on any atom is -0.618 e. The highest BCUT2D eigenvalue weighted by molar-refractivity contribution is 7.99. The second-order valence-corrected chi connectivity index (χ2v) is 6.31. The molecule has 0 saturated heterocycles. The van der Waals surface area contributed by atoms with E-state index in [0.29, 0.717) is 5.03 Å². The van der Waals surface area contributed by atoms with E-state index in [9.17, 15) is 15.3 Å². The van der Waals surface area contributed by atoms with Gasteiger partial charge in [-0.15, -0.1) is 0 Å². The standard InChI is InChI=1S/C15H19N3O2S/c1-17(15(12-16)8-4-2-5-9-15)13(19)11-21-14-7-3-6-10-18(14)20/h3,6-7,10H,2,4-5,8-9,11H2,1H3. The van der Waals surface area contributed by atoms with E-state index in [-0.39, 0.29) is 11.7 Å². The lowest BCUT2D eigenvalue weighted by Crippen LogP contribution is -2.50. The van der Waals surface area contributed by atoms with Crippen molar-refractivity contribution in [2.24, 2.45) is 0 Å². The lowest BCUT2D eigenvalue weighted by molar-refractivity contribution is -0.645. The van der Waals surface area contributed by atoms with Gasteiger partial charge in [0.05, 0.1) is 11.8 Å². The zero-order valence-electron chi connectivity index (χ0n) is 12.1. The fourth-order valence-electron chi connectivity index (χ4n) is 2.65. The highest BCUT2D eigenvalue weighted by Gasteiger charge is 2.38. The molecule has 6 heteroatoms. The Morgan fingerprint density at radius 1 is 1.48 bits per heavy atom. The summed E-state index contributed by atoms with van der Waals surface area (Å²) in [5.74, 6) is 0.0685. The van der Waals surface area contributed by atoms with Crippen molar-refractivity contribution in [1.29, 1.82) is 5.26 Å². The summed E-state index contributed by atoms with van der Waals surface area (Å²) < 4.78 is 0.749. The first-order chi connectivity index (χ1) is 10.1. The lowest BCUT2D eigenvalue weighted by atomic mass is 9.81. The van der Waals surface area contributed by atoms with Gasteiger partial charge >= 0.3 is 0 Å². The van der Waals surface area contributed by atoms with Gasteiger partial charge in [0.1, 0.15) is 5.54 Å². The first-order valence-electron chi connectivity index (χ1n) is 7.08. The van der Waals surface area contributed by atoms with Gasteiger partial charge in [-0.2, -0.15) is 9.99 Å². The predicted molar refractivity (Wildman–Crippen MR) is 80.3 cm³/mol. The molecule has 1 saturated carbocycles. The number of thioether (sulfide) groups is 1. The van der Waals surface area contributed by atoms with Gasteiger partial charge in [0.2, 0.25) is 5.91 Å². The van der Waals surface area contributed by atoms with Crippen LogP contribution in [0.1, 0.15) is 32.1 Å². The Morgan fingerprint density at radius 3 is 2.81 bits per heavy atom. The van der Waals surface area contributed by atoms with Crippen LogP contribution in [0.4, 0.5) is 0 Å². The summed E-state index contributed by atoms with van der Waals surface area (Å²) in [6, 6.07) is 7.44. The van der Waals surface area contributed by atoms with E-state index in [1.54, 1.807) is 30.1 Å². The van der Waals surface area contributed by atoms with Crippen molar-refractivity contribution in [3.8, 4) is 6.07 Å². The number of hydrogen-bond acceptors (Lipinski definition) is 4. The largest absolute Gasteiger partial charge is 0.618 e. The number of carbonyl (C=O) groups is 1. The highest BCUT2D eigenvalue weighted by Crippen LogP contribution is 2.32. The van der Waals surface area contributed by atoms with Crippen LogP contribution in [-0.2, 0) is 4.79 Å². The Balaban J connectivity index is 1.99. The first-order valence-corrected chi connectivity index (χ1v) is 8.06. The Morgan fingerprint density at radius 2 is 2.19 bits per heavy atom. The second kappa shape index (κ2) is 6.81. The minimum absolute atomic E-state index is 0.104. The van der Waals surface area contributed by atoms with Crippen LogP contribution in [0.5, 0.6) is 0 Å². The molecule has 1 aliphatic rings. The van der Waals surface area contributed by atoms with Crippen molar-refractivity contribution in [2.45, 2.75) is 42.7 Å². The summed E-state index contributed by atoms with van der Waals surface area (Å²) >= 11 is 1.21. The maximum absolute atomic E-state index is 12.3. The van der Waals surface area contributed by atoms with Crippen LogP contribution in [0.3, 0.4) is 0 Å². The molecular formula is C15H19N3O2S. The Kier molecular flexibility index (Phi) is 5.07. The molecule has 0 aliphatic heterocycles. The number of nitrogens with zero attached hydrogens (tertiary/aromatic N) is 3. The molecule has 112 valence electrons. The molecule has 1 heterocycles. The summed E-state index contributed by atoms with van der Waals surface area (Å²) in [4.78, 5) is 13.9. The summed E-state index contributed by atoms with van der Waals surface area (Å²) in [7, 11) is 1.70. The number of amides is 1. The maximum atomic E-state index is 12.3. The molecule has 0 spiro atoms. The third-order valence-electron chi connectivity index (χ3n) is 4.04. The third-order valence-corrected chi connectivity index (χ3v) is 5.04. The van der Waals surface area contributed by atoms with Gasteiger partial charge < -0.3 is 10.1 Å². The van der Waals surface area contributed by atoms with Crippen LogP contribution in [0.25, 0.3) is 0 Å². The van der Waals surface area contributed by atoms with Crippen LogP contribution < -0.4 is 4.73 Å². The van der Waals surface area contributed by atoms with Crippen molar-refractivity contribution < 1.29 is 9.52 Å². The number of nitriles is 1. The Hall–Kier alpha value is -1.74. The molecule has 5 nitrogen and oxygen atoms in total. The van der Waals surface area contributed by atoms with E-state index in [1.807, 2.05) is 0 Å². The molecule has 0 bridgehead atoms. The molecule has 1 fully saturated rings. The van der Waals surface area contributed by atoms with E-state index >= 15 is 0 Å². The van der Waals surface area contributed by atoms with Crippen molar-refractivity contribution >= 4 is 17.7 Å². The number of aromatic nitrogens is 1. The molecule has 1 aromatic rings. The lowest BCUT2D eigenvalue weighted by Gasteiger charge is -2.38. The second-order valence-electron chi connectivity index (χ2n) is 5.31. The Bertz CT molecular complexity index is 550. The van der Waals surface area contributed by atoms with Gasteiger partial charge in [-0.25, -0.2) is 0 Å². The molecule has 2 rings (SSSR count). The summed E-state index contributed by atoms with van der Waals surface area (Å²) in [6.45, 7) is 0. The minimum atomic E-state index is -0.667. The summed E-state index contributed by atoms with van der Waals surface area (Å²) in [5, 5.41) is 21.5. The zero-order chi connectivity index (χ0) is 15.3. The Labute approximate surface area is 129 Å². The molecular weight excluding hydrogens is 286 g/mol. The first kappa shape index (κ1) is 15.6. The van der Waals surface area contributed by atoms with Gasteiger partial charge in [0.25, 0.3) is 5.03 Å². The molecule has 1 aromatic heterocycles. The number of carbonyl (C=O) groups excluding carboxylic acids is 1. The van der Waals surface area contributed by atoms with Gasteiger partial charge in [0.15, 0.2) is 6.20 Å². The SMILES string of the molecule is CN(C(=O)CSc1cccc[n+]1[O-])C1(C#N)CCCCC1. The predicted octanol–water partition coefficient (Wildman–Crippen LogP) is 2.10. The van der Waals surface area contributed by atoms with Gasteiger partial charge in [-0.3, -0.25) is 4.79 Å². The van der Waals surface area contributed by atoms with E-state index in [1.165, 1.54) is 18.0 Å². The number of rotatable bonds is 4. The molecule has 1 aliphatic carbocycles. The van der Waals surface area contributed by atoms with Crippen molar-refractivity contribution in [1.82, 2.24) is 4.90 Å². The van der Waals surface area contributed by atoms with Gasteiger partial charge in [0, 0.05) is 19.2 Å². The highest BCUT2D eigenvalue weighted by atomic mass is 32.2. The van der Waals surface area contributed by atoms with E-state index in [4.69, 9.17) is 0 Å². The number of pyridine rings is 1. The fourth-order valence-corrected chi connectivity index (χ4v) is 3.48. The molecule has 0 radical (unpaired) electrons. The average Bonchev–Trinajstić information content (AvgIpc) is 2.53. The topological polar surface area (TPSA) is 71.0 Å². The van der Waals surface area contributed by atoms with E-state index < -0.39 is 5.54 Å². The van der Waals surface area contributed by atoms with Crippen molar-refractivity contribution in [3.05, 3.63) is 29.6 Å². The van der Waals surface area contributed by atoms with Crippen LogP contribution in [0.2, 0.25) is 0 Å². The zero-order valence-corrected chi connectivity index (χ0v) is 12.9. The van der Waals surface area contributed by atoms with Gasteiger partial charge in [-0.1, -0.05) is 19.3 Å². The van der Waals surface area contributed by atoms with Crippen LogP contribution >= 0.6 is 11.8 Å². The van der Waals surface area contributed by atoms with Crippen molar-refractivity contribution in [3.63, 3.8) is 0 Å². The van der Waals surface area contributed by atoms with E-state index in [0.717, 1.165) is 36.8 Å². The molecule has 1 amide bonds. The van der Waals surface area contributed by atoms with Crippen LogP contribution in [-0.4, -0.2) is 29.1 Å². The maximum Gasteiger partial charge on any atom is 0.251 e. The van der Waals surface area contributed by atoms with Crippen LogP contribution in [0, 0.1) is 16.5 Å². The monoisotopic (exact) mass is 305 g/mol. The van der Waals surface area contributed by atoms with E-state index in [2.05, 4.69) is 6.07 Å². The molecule has 0 N–H and O–H groups in total. The quantitative estimate of drug-likeness (QED) is 0.485. The molecule has 0 aromatic carbocycles. The molecule has 0 unspecified atom stereocenters. The normalized spacial score (nSPS) is 17.0. The molecule has 0 atom stereocenters. The smallest absolute Gasteiger partial charge is 0.251 e. The third kappa shape index (κ3) is 3.48. The molecule has 21 heavy (non-hydrogen) atoms.